The van der Waals surface area contributed by atoms with Crippen LogP contribution in [0.3, 0.4) is 0 Å². The second-order valence-electron chi connectivity index (χ2n) is 6.42. The maximum absolute atomic E-state index is 12.3. The molecule has 1 aromatic heterocycles. The number of carbonyl (C=O) groups is 1. The molecule has 1 aliphatic rings. The van der Waals surface area contributed by atoms with E-state index in [2.05, 4.69) is 24.3 Å². The number of carbonyl (C=O) groups excluding carboxylic acids is 1. The fraction of sp³-hybridized carbons (Fsp3) is 0.444. The largest absolute Gasteiger partial charge is 0.492 e. The predicted octanol–water partition coefficient (Wildman–Crippen LogP) is 2.74. The van der Waals surface area contributed by atoms with E-state index in [0.29, 0.717) is 25.5 Å². The molecule has 0 fully saturated rings. The van der Waals surface area contributed by atoms with Crippen LogP contribution in [0.2, 0.25) is 0 Å². The van der Waals surface area contributed by atoms with Crippen LogP contribution in [0.4, 0.5) is 0 Å². The summed E-state index contributed by atoms with van der Waals surface area (Å²) in [6.45, 7) is 5.06. The lowest BCUT2D eigenvalue weighted by Crippen LogP contribution is -2.37. The Hall–Kier alpha value is -2.30. The average molecular weight is 314 g/mol. The number of nitrogens with zero attached hydrogens (tertiary/aromatic N) is 1. The summed E-state index contributed by atoms with van der Waals surface area (Å²) in [4.78, 5) is 12.3. The summed E-state index contributed by atoms with van der Waals surface area (Å²) in [5.74, 6) is 2.09. The third kappa shape index (κ3) is 3.92. The molecule has 1 N–H and O–H groups in total. The first-order valence-electron chi connectivity index (χ1n) is 8.04. The maximum atomic E-state index is 12.3. The van der Waals surface area contributed by atoms with E-state index in [1.54, 1.807) is 0 Å². The highest BCUT2D eigenvalue weighted by atomic mass is 16.5. The Morgan fingerprint density at radius 1 is 1.39 bits per heavy atom. The highest BCUT2D eigenvalue weighted by Gasteiger charge is 2.25. The molecule has 0 bridgehead atoms. The van der Waals surface area contributed by atoms with Gasteiger partial charge >= 0.3 is 0 Å². The first-order valence-corrected chi connectivity index (χ1v) is 8.04. The number of aromatic nitrogens is 1. The zero-order valence-corrected chi connectivity index (χ0v) is 13.5. The van der Waals surface area contributed by atoms with Crippen LogP contribution in [0, 0.1) is 11.8 Å². The Morgan fingerprint density at radius 3 is 3.04 bits per heavy atom. The van der Waals surface area contributed by atoms with E-state index < -0.39 is 0 Å². The van der Waals surface area contributed by atoms with Gasteiger partial charge in [0.05, 0.1) is 12.5 Å². The molecular formula is C18H22N2O3. The summed E-state index contributed by atoms with van der Waals surface area (Å²) in [5, 5.41) is 6.93. The van der Waals surface area contributed by atoms with Crippen molar-refractivity contribution in [1.82, 2.24) is 10.5 Å². The smallest absolute Gasteiger partial charge is 0.227 e. The number of benzene rings is 1. The number of fused-ring (bicyclic) bond motifs is 1. The summed E-state index contributed by atoms with van der Waals surface area (Å²) in [6, 6.07) is 9.76. The first kappa shape index (κ1) is 15.6. The molecule has 23 heavy (non-hydrogen) atoms. The standard InChI is InChI=1S/C18H22N2O3/c1-12(2)7-16-9-15(20-23-16)10-19-18(21)14-8-13-5-3-4-6-17(13)22-11-14/h3-6,9,12,14H,7-8,10-11H2,1-2H3,(H,19,21). The molecule has 0 saturated heterocycles. The van der Waals surface area contributed by atoms with E-state index in [1.807, 2.05) is 30.3 Å². The Morgan fingerprint density at radius 2 is 2.22 bits per heavy atom. The lowest BCUT2D eigenvalue weighted by Gasteiger charge is -2.24. The topological polar surface area (TPSA) is 64.4 Å². The van der Waals surface area contributed by atoms with Crippen molar-refractivity contribution in [2.24, 2.45) is 11.8 Å². The molecule has 5 heteroatoms. The first-order chi connectivity index (χ1) is 11.1. The van der Waals surface area contributed by atoms with Gasteiger partial charge in [-0.3, -0.25) is 4.79 Å². The van der Waals surface area contributed by atoms with Crippen molar-refractivity contribution in [2.45, 2.75) is 33.2 Å². The molecule has 0 radical (unpaired) electrons. The van der Waals surface area contributed by atoms with Gasteiger partial charge in [0.2, 0.25) is 5.91 Å². The van der Waals surface area contributed by atoms with Crippen molar-refractivity contribution in [1.29, 1.82) is 0 Å². The fourth-order valence-corrected chi connectivity index (χ4v) is 2.76. The Labute approximate surface area is 136 Å². The molecule has 1 aliphatic heterocycles. The number of nitrogens with one attached hydrogen (secondary N) is 1. The van der Waals surface area contributed by atoms with Crippen molar-refractivity contribution >= 4 is 5.91 Å². The van der Waals surface area contributed by atoms with E-state index in [4.69, 9.17) is 9.26 Å². The second kappa shape index (κ2) is 6.86. The molecule has 122 valence electrons. The van der Waals surface area contributed by atoms with E-state index >= 15 is 0 Å². The highest BCUT2D eigenvalue weighted by Crippen LogP contribution is 2.26. The third-order valence-corrected chi connectivity index (χ3v) is 3.91. The van der Waals surface area contributed by atoms with Gasteiger partial charge in [-0.05, 0) is 24.0 Å². The number of para-hydroxylation sites is 1. The number of ether oxygens (including phenoxy) is 1. The zero-order valence-electron chi connectivity index (χ0n) is 13.5. The normalized spacial score (nSPS) is 16.7. The molecule has 1 aromatic carbocycles. The van der Waals surface area contributed by atoms with Gasteiger partial charge < -0.3 is 14.6 Å². The lowest BCUT2D eigenvalue weighted by molar-refractivity contribution is -0.126. The Balaban J connectivity index is 1.53. The van der Waals surface area contributed by atoms with Crippen molar-refractivity contribution in [3.05, 3.63) is 47.3 Å². The molecular weight excluding hydrogens is 292 g/mol. The second-order valence-corrected chi connectivity index (χ2v) is 6.42. The van der Waals surface area contributed by atoms with Crippen molar-refractivity contribution in [2.75, 3.05) is 6.61 Å². The van der Waals surface area contributed by atoms with Crippen LogP contribution in [0.25, 0.3) is 0 Å². The third-order valence-electron chi connectivity index (χ3n) is 3.91. The predicted molar refractivity (Wildman–Crippen MR) is 86.0 cm³/mol. The summed E-state index contributed by atoms with van der Waals surface area (Å²) >= 11 is 0. The minimum absolute atomic E-state index is 0.00656. The average Bonchev–Trinajstić information content (AvgIpc) is 2.98. The number of amides is 1. The number of hydrogen-bond acceptors (Lipinski definition) is 4. The number of hydrogen-bond donors (Lipinski definition) is 1. The molecule has 2 aromatic rings. The molecule has 1 unspecified atom stereocenters. The molecule has 0 aliphatic carbocycles. The SMILES string of the molecule is CC(C)Cc1cc(CNC(=O)C2COc3ccccc3C2)no1. The van der Waals surface area contributed by atoms with Gasteiger partial charge in [-0.1, -0.05) is 37.2 Å². The molecule has 1 atom stereocenters. The summed E-state index contributed by atoms with van der Waals surface area (Å²) in [6.07, 6.45) is 1.56. The Bertz CT molecular complexity index is 678. The van der Waals surface area contributed by atoms with E-state index in [9.17, 15) is 4.79 Å². The van der Waals surface area contributed by atoms with Gasteiger partial charge in [0, 0.05) is 12.5 Å². The van der Waals surface area contributed by atoms with E-state index in [-0.39, 0.29) is 11.8 Å². The molecule has 2 heterocycles. The van der Waals surface area contributed by atoms with Crippen LogP contribution in [-0.4, -0.2) is 17.7 Å². The lowest BCUT2D eigenvalue weighted by atomic mass is 9.96. The fourth-order valence-electron chi connectivity index (χ4n) is 2.76. The van der Waals surface area contributed by atoms with E-state index in [0.717, 1.165) is 29.2 Å². The van der Waals surface area contributed by atoms with Gasteiger partial charge in [0.15, 0.2) is 0 Å². The number of rotatable bonds is 5. The maximum Gasteiger partial charge on any atom is 0.227 e. The van der Waals surface area contributed by atoms with Crippen LogP contribution >= 0.6 is 0 Å². The van der Waals surface area contributed by atoms with Gasteiger partial charge in [-0.15, -0.1) is 0 Å². The zero-order chi connectivity index (χ0) is 16.2. The van der Waals surface area contributed by atoms with Gasteiger partial charge in [0.1, 0.15) is 23.8 Å². The quantitative estimate of drug-likeness (QED) is 0.921. The summed E-state index contributed by atoms with van der Waals surface area (Å²) in [5.41, 5.74) is 1.84. The van der Waals surface area contributed by atoms with Crippen molar-refractivity contribution in [3.63, 3.8) is 0 Å². The molecule has 1 amide bonds. The molecule has 5 nitrogen and oxygen atoms in total. The van der Waals surface area contributed by atoms with Crippen molar-refractivity contribution in [3.8, 4) is 5.75 Å². The van der Waals surface area contributed by atoms with Crippen LogP contribution < -0.4 is 10.1 Å². The molecule has 0 saturated carbocycles. The van der Waals surface area contributed by atoms with Crippen LogP contribution in [-0.2, 0) is 24.2 Å². The molecule has 3 rings (SSSR count). The van der Waals surface area contributed by atoms with E-state index in [1.165, 1.54) is 0 Å². The highest BCUT2D eigenvalue weighted by molar-refractivity contribution is 5.79. The summed E-state index contributed by atoms with van der Waals surface area (Å²) < 4.78 is 10.9. The van der Waals surface area contributed by atoms with Crippen LogP contribution in [0.1, 0.15) is 30.9 Å². The minimum atomic E-state index is -0.160. The minimum Gasteiger partial charge on any atom is -0.492 e. The van der Waals surface area contributed by atoms with Gasteiger partial charge in [0.25, 0.3) is 0 Å². The van der Waals surface area contributed by atoms with Crippen LogP contribution in [0.15, 0.2) is 34.9 Å². The molecule has 0 spiro atoms. The van der Waals surface area contributed by atoms with Crippen molar-refractivity contribution < 1.29 is 14.1 Å². The van der Waals surface area contributed by atoms with Gasteiger partial charge in [-0.2, -0.15) is 0 Å². The summed E-state index contributed by atoms with van der Waals surface area (Å²) in [7, 11) is 0. The monoisotopic (exact) mass is 314 g/mol. The van der Waals surface area contributed by atoms with Crippen LogP contribution in [0.5, 0.6) is 5.75 Å². The van der Waals surface area contributed by atoms with Gasteiger partial charge in [-0.25, -0.2) is 0 Å². The Kier molecular flexibility index (Phi) is 4.65.